The Morgan fingerprint density at radius 1 is 1.31 bits per heavy atom. The van der Waals surface area contributed by atoms with Crippen LogP contribution < -0.4 is 5.32 Å². The van der Waals surface area contributed by atoms with Crippen molar-refractivity contribution in [2.45, 2.75) is 38.9 Å². The highest BCUT2D eigenvalue weighted by molar-refractivity contribution is 7.99. The topological polar surface area (TPSA) is 68.5 Å². The lowest BCUT2D eigenvalue weighted by Gasteiger charge is -2.15. The smallest absolute Gasteiger partial charge is 0.341 e. The van der Waals surface area contributed by atoms with Gasteiger partial charge < -0.3 is 14.5 Å². The Hall–Kier alpha value is -2.21. The summed E-state index contributed by atoms with van der Waals surface area (Å²) >= 11 is 1.44. The lowest BCUT2D eigenvalue weighted by Crippen LogP contribution is -2.16. The van der Waals surface area contributed by atoms with Crippen molar-refractivity contribution in [3.8, 4) is 0 Å². The third-order valence-corrected chi connectivity index (χ3v) is 5.18. The van der Waals surface area contributed by atoms with Gasteiger partial charge in [0.2, 0.25) is 5.91 Å². The molecule has 1 atom stereocenters. The summed E-state index contributed by atoms with van der Waals surface area (Å²) in [6.07, 6.45) is 1.02. The minimum Gasteiger partial charge on any atom is -0.465 e. The molecule has 1 heterocycles. The van der Waals surface area contributed by atoms with Crippen molar-refractivity contribution in [1.29, 1.82) is 0 Å². The maximum absolute atomic E-state index is 12.3. The van der Waals surface area contributed by atoms with Crippen LogP contribution in [-0.4, -0.2) is 24.7 Å². The van der Waals surface area contributed by atoms with Crippen LogP contribution >= 0.6 is 11.8 Å². The van der Waals surface area contributed by atoms with E-state index in [0.29, 0.717) is 34.5 Å². The molecule has 0 unspecified atom stereocenters. The molecule has 1 amide bonds. The number of aryl methyl sites for hydroxylation is 1. The first-order chi connectivity index (χ1) is 12.5. The average molecular weight is 375 g/mol. The molecule has 0 saturated carbocycles. The van der Waals surface area contributed by atoms with Crippen LogP contribution in [0.5, 0.6) is 0 Å². The van der Waals surface area contributed by atoms with E-state index in [1.165, 1.54) is 18.9 Å². The maximum atomic E-state index is 12.3. The predicted molar refractivity (Wildman–Crippen MR) is 105 cm³/mol. The van der Waals surface area contributed by atoms with Gasteiger partial charge in [-0.15, -0.1) is 11.8 Å². The number of methoxy groups -OCH3 is 1. The fourth-order valence-electron chi connectivity index (χ4n) is 2.62. The second-order valence-electron chi connectivity index (χ2n) is 6.11. The molecule has 140 valence electrons. The number of thioether (sulfide) groups is 1. The fraction of sp³-hybridized carbons (Fsp3) is 0.400. The summed E-state index contributed by atoms with van der Waals surface area (Å²) in [5.41, 5.74) is 2.45. The van der Waals surface area contributed by atoms with Crippen LogP contribution in [0, 0.1) is 6.92 Å². The number of nitrogens with one attached hydrogen (secondary N) is 1. The molecular weight excluding hydrogens is 350 g/mol. The largest absolute Gasteiger partial charge is 0.465 e. The summed E-state index contributed by atoms with van der Waals surface area (Å²) in [6.45, 7) is 6.00. The van der Waals surface area contributed by atoms with Gasteiger partial charge in [-0.3, -0.25) is 4.79 Å². The Morgan fingerprint density at radius 3 is 2.73 bits per heavy atom. The van der Waals surface area contributed by atoms with Crippen LogP contribution in [0.2, 0.25) is 0 Å². The molecule has 0 bridgehead atoms. The van der Waals surface area contributed by atoms with Gasteiger partial charge in [-0.05, 0) is 37.0 Å². The predicted octanol–water partition coefficient (Wildman–Crippen LogP) is 4.76. The van der Waals surface area contributed by atoms with Gasteiger partial charge in [0.1, 0.15) is 17.1 Å². The van der Waals surface area contributed by atoms with Crippen molar-refractivity contribution in [1.82, 2.24) is 0 Å². The van der Waals surface area contributed by atoms with Crippen LogP contribution in [0.4, 0.5) is 5.69 Å². The van der Waals surface area contributed by atoms with E-state index in [2.05, 4.69) is 25.2 Å². The number of carbonyl (C=O) groups is 2. The molecule has 0 radical (unpaired) electrons. The van der Waals surface area contributed by atoms with Crippen LogP contribution in [0.1, 0.15) is 53.6 Å². The highest BCUT2D eigenvalue weighted by Crippen LogP contribution is 2.27. The van der Waals surface area contributed by atoms with Crippen LogP contribution in [0.3, 0.4) is 0 Å². The summed E-state index contributed by atoms with van der Waals surface area (Å²) in [5, 5.41) is 2.99. The SMILES string of the molecule is CC[C@@H](C)c1ccccc1NC(=O)CSCc1cc(C(=O)OC)c(C)o1. The lowest BCUT2D eigenvalue weighted by molar-refractivity contribution is -0.113. The quantitative estimate of drug-likeness (QED) is 0.674. The maximum Gasteiger partial charge on any atom is 0.341 e. The minimum atomic E-state index is -0.415. The molecule has 0 saturated heterocycles. The Kier molecular flexibility index (Phi) is 7.33. The number of benzene rings is 1. The normalized spacial score (nSPS) is 11.8. The van der Waals surface area contributed by atoms with E-state index in [1.54, 1.807) is 13.0 Å². The van der Waals surface area contributed by atoms with E-state index < -0.39 is 5.97 Å². The van der Waals surface area contributed by atoms with Gasteiger partial charge >= 0.3 is 5.97 Å². The summed E-state index contributed by atoms with van der Waals surface area (Å²) in [7, 11) is 1.34. The number of esters is 1. The van der Waals surface area contributed by atoms with E-state index in [0.717, 1.165) is 17.7 Å². The van der Waals surface area contributed by atoms with E-state index in [-0.39, 0.29) is 5.91 Å². The number of hydrogen-bond acceptors (Lipinski definition) is 5. The Morgan fingerprint density at radius 2 is 2.04 bits per heavy atom. The molecule has 0 fully saturated rings. The van der Waals surface area contributed by atoms with E-state index in [9.17, 15) is 9.59 Å². The van der Waals surface area contributed by atoms with Crippen LogP contribution in [0.15, 0.2) is 34.7 Å². The number of anilines is 1. The summed E-state index contributed by atoms with van der Waals surface area (Å²) in [5.74, 6) is 1.92. The number of ether oxygens (including phenoxy) is 1. The molecule has 0 aliphatic carbocycles. The van der Waals surface area contributed by atoms with Crippen LogP contribution in [0.25, 0.3) is 0 Å². The Balaban J connectivity index is 1.89. The highest BCUT2D eigenvalue weighted by atomic mass is 32.2. The van der Waals surface area contributed by atoms with Gasteiger partial charge in [-0.2, -0.15) is 0 Å². The molecule has 2 rings (SSSR count). The molecule has 26 heavy (non-hydrogen) atoms. The zero-order valence-corrected chi connectivity index (χ0v) is 16.4. The van der Waals surface area contributed by atoms with Gasteiger partial charge in [-0.25, -0.2) is 4.79 Å². The highest BCUT2D eigenvalue weighted by Gasteiger charge is 2.16. The number of para-hydroxylation sites is 1. The summed E-state index contributed by atoms with van der Waals surface area (Å²) < 4.78 is 10.3. The first-order valence-electron chi connectivity index (χ1n) is 8.60. The first kappa shape index (κ1) is 20.1. The van der Waals surface area contributed by atoms with Gasteiger partial charge in [0.15, 0.2) is 0 Å². The van der Waals surface area contributed by atoms with Crippen molar-refractivity contribution < 1.29 is 18.7 Å². The molecule has 1 aromatic carbocycles. The second kappa shape index (κ2) is 9.48. The standard InChI is InChI=1S/C20H25NO4S/c1-5-13(2)16-8-6-7-9-18(16)21-19(22)12-26-11-15-10-17(14(3)25-15)20(23)24-4/h6-10,13H,5,11-12H2,1-4H3,(H,21,22)/t13-/m1/s1. The molecule has 2 aromatic rings. The van der Waals surface area contributed by atoms with Crippen molar-refractivity contribution in [2.24, 2.45) is 0 Å². The van der Waals surface area contributed by atoms with Crippen molar-refractivity contribution in [3.63, 3.8) is 0 Å². The third-order valence-electron chi connectivity index (χ3n) is 4.23. The number of carbonyl (C=O) groups excluding carboxylic acids is 2. The molecule has 0 aliphatic heterocycles. The van der Waals surface area contributed by atoms with E-state index in [4.69, 9.17) is 9.15 Å². The van der Waals surface area contributed by atoms with Gasteiger partial charge in [0, 0.05) is 5.69 Å². The van der Waals surface area contributed by atoms with Gasteiger partial charge in [-0.1, -0.05) is 32.0 Å². The van der Waals surface area contributed by atoms with Crippen molar-refractivity contribution in [3.05, 3.63) is 53.0 Å². The number of hydrogen-bond donors (Lipinski definition) is 1. The van der Waals surface area contributed by atoms with Crippen LogP contribution in [-0.2, 0) is 15.3 Å². The zero-order valence-electron chi connectivity index (χ0n) is 15.6. The number of amides is 1. The van der Waals surface area contributed by atoms with E-state index >= 15 is 0 Å². The minimum absolute atomic E-state index is 0.0535. The monoisotopic (exact) mass is 375 g/mol. The van der Waals surface area contributed by atoms with Gasteiger partial charge in [0.25, 0.3) is 0 Å². The molecule has 6 heteroatoms. The molecule has 1 aromatic heterocycles. The number of rotatable bonds is 8. The third kappa shape index (κ3) is 5.14. The first-order valence-corrected chi connectivity index (χ1v) is 9.75. The molecular formula is C20H25NO4S. The molecule has 0 aliphatic rings. The molecule has 1 N–H and O–H groups in total. The molecule has 0 spiro atoms. The van der Waals surface area contributed by atoms with E-state index in [1.807, 2.05) is 18.2 Å². The average Bonchev–Trinajstić information content (AvgIpc) is 3.01. The summed E-state index contributed by atoms with van der Waals surface area (Å²) in [6, 6.07) is 9.57. The Labute approximate surface area is 158 Å². The second-order valence-corrected chi connectivity index (χ2v) is 7.10. The molecule has 5 nitrogen and oxygen atoms in total. The van der Waals surface area contributed by atoms with Crippen molar-refractivity contribution >= 4 is 29.3 Å². The van der Waals surface area contributed by atoms with Crippen molar-refractivity contribution in [2.75, 3.05) is 18.2 Å². The fourth-order valence-corrected chi connectivity index (χ4v) is 3.32. The Bertz CT molecular complexity index is 769. The zero-order chi connectivity index (χ0) is 19.1. The summed E-state index contributed by atoms with van der Waals surface area (Å²) in [4.78, 5) is 23.8. The van der Waals surface area contributed by atoms with Gasteiger partial charge in [0.05, 0.1) is 18.6 Å². The number of furan rings is 1. The lowest BCUT2D eigenvalue weighted by atomic mass is 9.97.